The lowest BCUT2D eigenvalue weighted by molar-refractivity contribution is 0.585. The Balaban J connectivity index is 1.67. The first-order valence-corrected chi connectivity index (χ1v) is 11.6. The predicted octanol–water partition coefficient (Wildman–Crippen LogP) is 3.92. The average Bonchev–Trinajstić information content (AvgIpc) is 3.42. The standard InChI is InChI=1S/C22H16F2N6O2S/c1-33(31,32)28-16-6-14(19-4-2-15(23)8-20(19)24)7-18(9-16)29-13-26-21-10-17(3-5-22(21)29)30-12-25-11-27-30/h2-13,28H,1H3. The SMILES string of the molecule is CS(=O)(=O)Nc1cc(-c2ccc(F)cc2F)cc(-n2cnc3cc(-n4cncn4)ccc32)c1. The highest BCUT2D eigenvalue weighted by Crippen LogP contribution is 2.31. The zero-order valence-electron chi connectivity index (χ0n) is 17.1. The largest absolute Gasteiger partial charge is 0.299 e. The smallest absolute Gasteiger partial charge is 0.229 e. The number of halogens is 2. The summed E-state index contributed by atoms with van der Waals surface area (Å²) in [4.78, 5) is 8.38. The number of imidazole rings is 1. The van der Waals surface area contributed by atoms with Crippen molar-refractivity contribution in [2.45, 2.75) is 0 Å². The molecule has 2 heterocycles. The molecule has 0 saturated heterocycles. The number of anilines is 1. The van der Waals surface area contributed by atoms with Crippen LogP contribution < -0.4 is 4.72 Å². The number of fused-ring (bicyclic) bond motifs is 1. The first-order valence-electron chi connectivity index (χ1n) is 9.68. The predicted molar refractivity (Wildman–Crippen MR) is 120 cm³/mol. The summed E-state index contributed by atoms with van der Waals surface area (Å²) in [5.41, 5.74) is 3.45. The van der Waals surface area contributed by atoms with E-state index in [2.05, 4.69) is 19.8 Å². The third-order valence-corrected chi connectivity index (χ3v) is 5.56. The molecule has 2 aromatic heterocycles. The molecule has 0 aliphatic carbocycles. The van der Waals surface area contributed by atoms with Gasteiger partial charge in [-0.05, 0) is 54.1 Å². The molecule has 1 N–H and O–H groups in total. The van der Waals surface area contributed by atoms with Gasteiger partial charge in [-0.2, -0.15) is 5.10 Å². The minimum atomic E-state index is -3.60. The normalized spacial score (nSPS) is 11.7. The van der Waals surface area contributed by atoms with Gasteiger partial charge in [-0.3, -0.25) is 9.29 Å². The van der Waals surface area contributed by atoms with Crippen LogP contribution in [0.15, 0.2) is 73.6 Å². The lowest BCUT2D eigenvalue weighted by Crippen LogP contribution is -2.10. The summed E-state index contributed by atoms with van der Waals surface area (Å²) < 4.78 is 57.4. The summed E-state index contributed by atoms with van der Waals surface area (Å²) >= 11 is 0. The summed E-state index contributed by atoms with van der Waals surface area (Å²) in [5, 5.41) is 4.11. The van der Waals surface area contributed by atoms with Crippen LogP contribution in [0, 0.1) is 11.6 Å². The number of benzene rings is 3. The second-order valence-electron chi connectivity index (χ2n) is 7.39. The Bertz CT molecular complexity index is 1600. The minimum absolute atomic E-state index is 0.132. The fraction of sp³-hybridized carbons (Fsp3) is 0.0455. The summed E-state index contributed by atoms with van der Waals surface area (Å²) in [7, 11) is -3.60. The molecule has 0 saturated carbocycles. The monoisotopic (exact) mass is 466 g/mol. The van der Waals surface area contributed by atoms with Crippen molar-refractivity contribution in [2.24, 2.45) is 0 Å². The molecule has 0 radical (unpaired) electrons. The maximum atomic E-state index is 14.5. The molecule has 0 fully saturated rings. The average molecular weight is 466 g/mol. The van der Waals surface area contributed by atoms with Crippen LogP contribution >= 0.6 is 0 Å². The summed E-state index contributed by atoms with van der Waals surface area (Å²) in [6.45, 7) is 0. The van der Waals surface area contributed by atoms with E-state index in [0.29, 0.717) is 16.8 Å². The fourth-order valence-corrected chi connectivity index (χ4v) is 4.14. The molecule has 0 spiro atoms. The van der Waals surface area contributed by atoms with Crippen molar-refractivity contribution < 1.29 is 17.2 Å². The number of aromatic nitrogens is 5. The van der Waals surface area contributed by atoms with Crippen molar-refractivity contribution >= 4 is 26.7 Å². The molecule has 33 heavy (non-hydrogen) atoms. The van der Waals surface area contributed by atoms with Gasteiger partial charge in [-0.15, -0.1) is 0 Å². The quantitative estimate of drug-likeness (QED) is 0.424. The number of rotatable bonds is 5. The van der Waals surface area contributed by atoms with Crippen molar-refractivity contribution in [1.29, 1.82) is 0 Å². The summed E-state index contributed by atoms with van der Waals surface area (Å²) in [5.74, 6) is -1.46. The molecule has 0 atom stereocenters. The molecule has 0 bridgehead atoms. The number of sulfonamides is 1. The Labute approximate surface area is 187 Å². The lowest BCUT2D eigenvalue weighted by Gasteiger charge is -2.13. The molecule has 5 aromatic rings. The van der Waals surface area contributed by atoms with Crippen LogP contribution in [0.1, 0.15) is 0 Å². The summed E-state index contributed by atoms with van der Waals surface area (Å²) in [6.07, 6.45) is 5.61. The van der Waals surface area contributed by atoms with E-state index >= 15 is 0 Å². The van der Waals surface area contributed by atoms with Crippen LogP contribution in [0.3, 0.4) is 0 Å². The van der Waals surface area contributed by atoms with Crippen molar-refractivity contribution in [3.05, 3.63) is 85.2 Å². The van der Waals surface area contributed by atoms with Crippen LogP contribution in [0.5, 0.6) is 0 Å². The molecule has 166 valence electrons. The van der Waals surface area contributed by atoms with E-state index in [-0.39, 0.29) is 11.3 Å². The van der Waals surface area contributed by atoms with E-state index in [1.54, 1.807) is 34.0 Å². The van der Waals surface area contributed by atoms with Crippen LogP contribution in [-0.2, 0) is 10.0 Å². The van der Waals surface area contributed by atoms with Crippen LogP contribution in [0.2, 0.25) is 0 Å². The highest BCUT2D eigenvalue weighted by molar-refractivity contribution is 7.92. The first-order chi connectivity index (χ1) is 15.8. The van der Waals surface area contributed by atoms with Gasteiger partial charge in [0.05, 0.1) is 28.7 Å². The topological polar surface area (TPSA) is 94.7 Å². The van der Waals surface area contributed by atoms with Crippen molar-refractivity contribution in [2.75, 3.05) is 11.0 Å². The van der Waals surface area contributed by atoms with Gasteiger partial charge in [0, 0.05) is 17.3 Å². The van der Waals surface area contributed by atoms with Crippen molar-refractivity contribution in [3.63, 3.8) is 0 Å². The Morgan fingerprint density at radius 2 is 1.79 bits per heavy atom. The molecule has 0 amide bonds. The molecule has 3 aromatic carbocycles. The molecule has 8 nitrogen and oxygen atoms in total. The Morgan fingerprint density at radius 1 is 0.939 bits per heavy atom. The number of hydrogen-bond acceptors (Lipinski definition) is 5. The Hall–Kier alpha value is -4.12. The van der Waals surface area contributed by atoms with E-state index in [4.69, 9.17) is 0 Å². The van der Waals surface area contributed by atoms with Gasteiger partial charge >= 0.3 is 0 Å². The summed E-state index contributed by atoms with van der Waals surface area (Å²) in [6, 6.07) is 13.5. The van der Waals surface area contributed by atoms with Gasteiger partial charge in [0.15, 0.2) is 0 Å². The van der Waals surface area contributed by atoms with Gasteiger partial charge < -0.3 is 0 Å². The van der Waals surface area contributed by atoms with Crippen LogP contribution in [-0.4, -0.2) is 39.0 Å². The first kappa shape index (κ1) is 20.8. The van der Waals surface area contributed by atoms with E-state index < -0.39 is 21.7 Å². The molecular formula is C22H16F2N6O2S. The van der Waals surface area contributed by atoms with Gasteiger partial charge in [-0.1, -0.05) is 0 Å². The second-order valence-corrected chi connectivity index (χ2v) is 9.14. The maximum absolute atomic E-state index is 14.5. The van der Waals surface area contributed by atoms with Gasteiger partial charge in [0.2, 0.25) is 10.0 Å². The number of nitrogens with one attached hydrogen (secondary N) is 1. The zero-order chi connectivity index (χ0) is 23.2. The number of hydrogen-bond donors (Lipinski definition) is 1. The molecule has 11 heteroatoms. The van der Waals surface area contributed by atoms with Gasteiger partial charge in [0.25, 0.3) is 0 Å². The molecule has 0 unspecified atom stereocenters. The third kappa shape index (κ3) is 4.17. The van der Waals surface area contributed by atoms with Crippen molar-refractivity contribution in [1.82, 2.24) is 24.3 Å². The minimum Gasteiger partial charge on any atom is -0.299 e. The molecule has 0 aliphatic heterocycles. The molecular weight excluding hydrogens is 450 g/mol. The number of nitrogens with zero attached hydrogens (tertiary/aromatic N) is 5. The Morgan fingerprint density at radius 3 is 2.52 bits per heavy atom. The van der Waals surface area contributed by atoms with E-state index in [9.17, 15) is 17.2 Å². The van der Waals surface area contributed by atoms with Crippen molar-refractivity contribution in [3.8, 4) is 22.5 Å². The zero-order valence-corrected chi connectivity index (χ0v) is 18.0. The van der Waals surface area contributed by atoms with Crippen LogP contribution in [0.25, 0.3) is 33.5 Å². The molecule has 0 aliphatic rings. The highest BCUT2D eigenvalue weighted by Gasteiger charge is 2.14. The van der Waals surface area contributed by atoms with E-state index in [1.165, 1.54) is 18.5 Å². The van der Waals surface area contributed by atoms with E-state index in [1.807, 2.05) is 18.2 Å². The lowest BCUT2D eigenvalue weighted by atomic mass is 10.0. The third-order valence-electron chi connectivity index (χ3n) is 4.96. The van der Waals surface area contributed by atoms with Crippen LogP contribution in [0.4, 0.5) is 14.5 Å². The fourth-order valence-electron chi connectivity index (χ4n) is 3.59. The van der Waals surface area contributed by atoms with Gasteiger partial charge in [0.1, 0.15) is 30.6 Å². The highest BCUT2D eigenvalue weighted by atomic mass is 32.2. The second kappa shape index (κ2) is 7.78. The van der Waals surface area contributed by atoms with Gasteiger partial charge in [-0.25, -0.2) is 31.8 Å². The Kier molecular flexibility index (Phi) is 4.90. The maximum Gasteiger partial charge on any atom is 0.229 e. The van der Waals surface area contributed by atoms with E-state index in [0.717, 1.165) is 29.6 Å². The molecule has 5 rings (SSSR count).